The highest BCUT2D eigenvalue weighted by Crippen LogP contribution is 2.20. The smallest absolute Gasteiger partial charge is 0.224 e. The maximum absolute atomic E-state index is 12.5. The summed E-state index contributed by atoms with van der Waals surface area (Å²) in [5.74, 6) is 0.279. The summed E-state index contributed by atoms with van der Waals surface area (Å²) in [6.07, 6.45) is 0.945. The average molecular weight is 308 g/mol. The molecule has 1 aliphatic rings. The molecular formula is C20H24N2O. The molecule has 2 aromatic rings. The second kappa shape index (κ2) is 7.42. The summed E-state index contributed by atoms with van der Waals surface area (Å²) in [6.45, 7) is 4.82. The van der Waals surface area contributed by atoms with Crippen molar-refractivity contribution in [2.24, 2.45) is 5.92 Å². The van der Waals surface area contributed by atoms with Crippen molar-refractivity contribution < 1.29 is 4.79 Å². The van der Waals surface area contributed by atoms with Gasteiger partial charge in [-0.2, -0.15) is 0 Å². The summed E-state index contributed by atoms with van der Waals surface area (Å²) in [5, 5.41) is 3.16. The van der Waals surface area contributed by atoms with Crippen LogP contribution in [0.1, 0.15) is 30.5 Å². The fraction of sp³-hybridized carbons (Fsp3) is 0.350. The van der Waals surface area contributed by atoms with Crippen LogP contribution in [-0.2, 0) is 11.3 Å². The second-order valence-corrected chi connectivity index (χ2v) is 6.35. The molecule has 2 atom stereocenters. The first-order valence-electron chi connectivity index (χ1n) is 8.34. The van der Waals surface area contributed by atoms with Crippen LogP contribution in [0, 0.1) is 5.92 Å². The normalized spacial score (nSPS) is 19.4. The van der Waals surface area contributed by atoms with E-state index in [0.717, 1.165) is 31.6 Å². The summed E-state index contributed by atoms with van der Waals surface area (Å²) < 4.78 is 0. The molecule has 1 fully saturated rings. The molecule has 1 heterocycles. The van der Waals surface area contributed by atoms with Crippen LogP contribution in [0.3, 0.4) is 0 Å². The van der Waals surface area contributed by atoms with Crippen LogP contribution in [0.25, 0.3) is 0 Å². The third kappa shape index (κ3) is 4.20. The maximum Gasteiger partial charge on any atom is 0.224 e. The van der Waals surface area contributed by atoms with E-state index in [1.54, 1.807) is 0 Å². The fourth-order valence-electron chi connectivity index (χ4n) is 3.19. The van der Waals surface area contributed by atoms with Gasteiger partial charge in [-0.15, -0.1) is 0 Å². The van der Waals surface area contributed by atoms with Crippen molar-refractivity contribution in [1.82, 2.24) is 10.2 Å². The Kier molecular flexibility index (Phi) is 5.09. The van der Waals surface area contributed by atoms with E-state index < -0.39 is 0 Å². The van der Waals surface area contributed by atoms with Gasteiger partial charge >= 0.3 is 0 Å². The lowest BCUT2D eigenvalue weighted by Gasteiger charge is -2.18. The van der Waals surface area contributed by atoms with Crippen molar-refractivity contribution in [3.63, 3.8) is 0 Å². The lowest BCUT2D eigenvalue weighted by molar-refractivity contribution is -0.125. The van der Waals surface area contributed by atoms with Gasteiger partial charge in [0.15, 0.2) is 0 Å². The molecular weight excluding hydrogens is 284 g/mol. The predicted molar refractivity (Wildman–Crippen MR) is 92.8 cm³/mol. The molecule has 120 valence electrons. The summed E-state index contributed by atoms with van der Waals surface area (Å²) >= 11 is 0. The zero-order valence-electron chi connectivity index (χ0n) is 13.6. The summed E-state index contributed by atoms with van der Waals surface area (Å²) in [5.41, 5.74) is 2.46. The molecule has 0 saturated carbocycles. The molecule has 0 spiro atoms. The number of nitrogens with zero attached hydrogens (tertiary/aromatic N) is 1. The first-order valence-corrected chi connectivity index (χ1v) is 8.34. The number of amides is 1. The molecule has 1 N–H and O–H groups in total. The van der Waals surface area contributed by atoms with Crippen LogP contribution in [0.4, 0.5) is 0 Å². The van der Waals surface area contributed by atoms with Gasteiger partial charge in [-0.3, -0.25) is 9.69 Å². The van der Waals surface area contributed by atoms with Crippen molar-refractivity contribution in [2.45, 2.75) is 25.9 Å². The lowest BCUT2D eigenvalue weighted by Crippen LogP contribution is -2.34. The minimum Gasteiger partial charge on any atom is -0.349 e. The van der Waals surface area contributed by atoms with Gasteiger partial charge in [-0.25, -0.2) is 0 Å². The SMILES string of the molecule is CC(NC(=O)C1CCN(Cc2ccccc2)C1)c1ccccc1. The van der Waals surface area contributed by atoms with Gasteiger partial charge in [-0.1, -0.05) is 60.7 Å². The maximum atomic E-state index is 12.5. The van der Waals surface area contributed by atoms with Crippen molar-refractivity contribution in [3.05, 3.63) is 71.8 Å². The molecule has 3 heteroatoms. The molecule has 0 aromatic heterocycles. The van der Waals surface area contributed by atoms with Gasteiger partial charge in [0.25, 0.3) is 0 Å². The zero-order chi connectivity index (χ0) is 16.1. The number of carbonyl (C=O) groups excluding carboxylic acids is 1. The molecule has 1 amide bonds. The average Bonchev–Trinajstić information content (AvgIpc) is 3.05. The van der Waals surface area contributed by atoms with Crippen LogP contribution in [0.5, 0.6) is 0 Å². The number of hydrogen-bond acceptors (Lipinski definition) is 2. The van der Waals surface area contributed by atoms with Crippen molar-refractivity contribution in [2.75, 3.05) is 13.1 Å². The van der Waals surface area contributed by atoms with Crippen LogP contribution in [-0.4, -0.2) is 23.9 Å². The number of carbonyl (C=O) groups is 1. The number of rotatable bonds is 5. The number of benzene rings is 2. The minimum atomic E-state index is 0.0619. The van der Waals surface area contributed by atoms with Crippen LogP contribution in [0.15, 0.2) is 60.7 Å². The van der Waals surface area contributed by atoms with E-state index in [1.807, 2.05) is 31.2 Å². The number of nitrogens with one attached hydrogen (secondary N) is 1. The third-order valence-corrected chi connectivity index (χ3v) is 4.55. The fourth-order valence-corrected chi connectivity index (χ4v) is 3.19. The molecule has 23 heavy (non-hydrogen) atoms. The predicted octanol–water partition coefficient (Wildman–Crippen LogP) is 3.39. The molecule has 2 unspecified atom stereocenters. The van der Waals surface area contributed by atoms with Gasteiger partial charge in [0.2, 0.25) is 5.91 Å². The van der Waals surface area contributed by atoms with Gasteiger partial charge in [0.1, 0.15) is 0 Å². The van der Waals surface area contributed by atoms with E-state index in [0.29, 0.717) is 0 Å². The number of likely N-dealkylation sites (tertiary alicyclic amines) is 1. The Labute approximate surface area is 138 Å². The molecule has 1 aliphatic heterocycles. The summed E-state index contributed by atoms with van der Waals surface area (Å²) in [6, 6.07) is 20.6. The highest BCUT2D eigenvalue weighted by Gasteiger charge is 2.28. The molecule has 3 rings (SSSR count). The van der Waals surface area contributed by atoms with E-state index in [9.17, 15) is 4.79 Å². The summed E-state index contributed by atoms with van der Waals surface area (Å²) in [7, 11) is 0. The largest absolute Gasteiger partial charge is 0.349 e. The van der Waals surface area contributed by atoms with Gasteiger partial charge < -0.3 is 5.32 Å². The van der Waals surface area contributed by atoms with Gasteiger partial charge in [-0.05, 0) is 31.0 Å². The van der Waals surface area contributed by atoms with Crippen molar-refractivity contribution >= 4 is 5.91 Å². The second-order valence-electron chi connectivity index (χ2n) is 6.35. The van der Waals surface area contributed by atoms with Gasteiger partial charge in [0.05, 0.1) is 12.0 Å². The minimum absolute atomic E-state index is 0.0619. The number of hydrogen-bond donors (Lipinski definition) is 1. The van der Waals surface area contributed by atoms with Crippen LogP contribution >= 0.6 is 0 Å². The third-order valence-electron chi connectivity index (χ3n) is 4.55. The molecule has 0 bridgehead atoms. The van der Waals surface area contributed by atoms with E-state index in [1.165, 1.54) is 5.56 Å². The molecule has 2 aromatic carbocycles. The topological polar surface area (TPSA) is 32.3 Å². The monoisotopic (exact) mass is 308 g/mol. The Morgan fingerprint density at radius 3 is 2.48 bits per heavy atom. The van der Waals surface area contributed by atoms with Crippen LogP contribution in [0.2, 0.25) is 0 Å². The quantitative estimate of drug-likeness (QED) is 0.918. The first-order chi connectivity index (χ1) is 11.2. The standard InChI is InChI=1S/C20H24N2O/c1-16(18-10-6-3-7-11-18)21-20(23)19-12-13-22(15-19)14-17-8-4-2-5-9-17/h2-11,16,19H,12-15H2,1H3,(H,21,23). The van der Waals surface area contributed by atoms with E-state index >= 15 is 0 Å². The van der Waals surface area contributed by atoms with E-state index in [-0.39, 0.29) is 17.9 Å². The Morgan fingerprint density at radius 1 is 1.13 bits per heavy atom. The Morgan fingerprint density at radius 2 is 1.78 bits per heavy atom. The van der Waals surface area contributed by atoms with E-state index in [2.05, 4.69) is 46.6 Å². The van der Waals surface area contributed by atoms with Gasteiger partial charge in [0, 0.05) is 13.1 Å². The van der Waals surface area contributed by atoms with Crippen molar-refractivity contribution in [3.8, 4) is 0 Å². The van der Waals surface area contributed by atoms with E-state index in [4.69, 9.17) is 0 Å². The van der Waals surface area contributed by atoms with Crippen molar-refractivity contribution in [1.29, 1.82) is 0 Å². The molecule has 0 radical (unpaired) electrons. The molecule has 0 aliphatic carbocycles. The first kappa shape index (κ1) is 15.8. The Bertz CT molecular complexity index is 627. The molecule has 3 nitrogen and oxygen atoms in total. The summed E-state index contributed by atoms with van der Waals surface area (Å²) in [4.78, 5) is 14.9. The lowest BCUT2D eigenvalue weighted by atomic mass is 10.1. The zero-order valence-corrected chi connectivity index (χ0v) is 13.6. The Hall–Kier alpha value is -2.13. The van der Waals surface area contributed by atoms with Crippen LogP contribution < -0.4 is 5.32 Å². The highest BCUT2D eigenvalue weighted by atomic mass is 16.2. The highest BCUT2D eigenvalue weighted by molar-refractivity contribution is 5.79. The molecule has 1 saturated heterocycles. The Balaban J connectivity index is 1.51.